The minimum Gasteiger partial charge on any atom is -0.756 e. The highest BCUT2D eigenvalue weighted by atomic mass is 31.2. The number of unbranched alkanes of at least 4 members (excludes halogenated alkanes) is 41. The van der Waals surface area contributed by atoms with E-state index in [1.54, 1.807) is 0 Å². The zero-order valence-electron chi connectivity index (χ0n) is 46.3. The van der Waals surface area contributed by atoms with Crippen molar-refractivity contribution in [2.75, 3.05) is 40.9 Å². The molecule has 0 spiro atoms. The fraction of sp³-hybridized carbons (Fsp3) is 0.949. The summed E-state index contributed by atoms with van der Waals surface area (Å²) in [5, 5.41) is 14.0. The van der Waals surface area contributed by atoms with Gasteiger partial charge in [-0.25, -0.2) is 0 Å². The van der Waals surface area contributed by atoms with Crippen LogP contribution in [0.25, 0.3) is 0 Å². The highest BCUT2D eigenvalue weighted by Gasteiger charge is 2.24. The Labute approximate surface area is 424 Å². The molecule has 0 heterocycles. The lowest BCUT2D eigenvalue weighted by Crippen LogP contribution is -2.46. The second-order valence-electron chi connectivity index (χ2n) is 22.1. The predicted molar refractivity (Wildman–Crippen MR) is 293 cm³/mol. The van der Waals surface area contributed by atoms with E-state index in [4.69, 9.17) is 9.05 Å². The molecule has 0 aromatic carbocycles. The van der Waals surface area contributed by atoms with Gasteiger partial charge in [0.05, 0.1) is 39.9 Å². The first kappa shape index (κ1) is 67.2. The van der Waals surface area contributed by atoms with Crippen LogP contribution in [0.5, 0.6) is 0 Å². The molecule has 8 nitrogen and oxygen atoms in total. The molecule has 0 aromatic heterocycles. The fourth-order valence-corrected chi connectivity index (χ4v) is 10.00. The van der Waals surface area contributed by atoms with E-state index in [0.29, 0.717) is 23.9 Å². The van der Waals surface area contributed by atoms with Crippen molar-refractivity contribution in [3.05, 3.63) is 12.2 Å². The summed E-state index contributed by atoms with van der Waals surface area (Å²) < 4.78 is 23.4. The molecular weight excluding hydrogens is 864 g/mol. The normalized spacial score (nSPS) is 13.9. The van der Waals surface area contributed by atoms with E-state index in [9.17, 15) is 19.4 Å². The zero-order valence-corrected chi connectivity index (χ0v) is 47.2. The van der Waals surface area contributed by atoms with Gasteiger partial charge in [0.25, 0.3) is 7.82 Å². The van der Waals surface area contributed by atoms with Crippen molar-refractivity contribution in [3.63, 3.8) is 0 Å². The number of likely N-dealkylation sites (N-methyl/N-ethyl adjacent to an activating group) is 1. The van der Waals surface area contributed by atoms with Gasteiger partial charge in [-0.2, -0.15) is 0 Å². The van der Waals surface area contributed by atoms with Crippen molar-refractivity contribution >= 4 is 13.7 Å². The van der Waals surface area contributed by atoms with Gasteiger partial charge in [-0.1, -0.05) is 276 Å². The number of nitrogens with zero attached hydrogens (tertiary/aromatic N) is 1. The Bertz CT molecular complexity index is 1120. The monoisotopic (exact) mass is 983 g/mol. The molecule has 1 amide bonds. The molecule has 0 rings (SSSR count). The maximum atomic E-state index is 13.0. The SMILES string of the molecule is CCCCCCCCCC/C=C\CCCCCCCCCCCCCCCCCCCC(=O)NC(COP(=O)([O-])OCC[N+](C)(C)C)C(O)CCCCCCCCCCCCCCCCCCC. The summed E-state index contributed by atoms with van der Waals surface area (Å²) in [4.78, 5) is 25.5. The van der Waals surface area contributed by atoms with Crippen LogP contribution in [0.15, 0.2) is 12.2 Å². The van der Waals surface area contributed by atoms with Gasteiger partial charge in [0, 0.05) is 6.42 Å². The molecule has 3 unspecified atom stereocenters. The average Bonchev–Trinajstić information content (AvgIpc) is 3.30. The molecule has 68 heavy (non-hydrogen) atoms. The van der Waals surface area contributed by atoms with Crippen LogP contribution in [0, 0.1) is 0 Å². The van der Waals surface area contributed by atoms with Crippen LogP contribution >= 0.6 is 7.82 Å². The number of phosphoric acid groups is 1. The van der Waals surface area contributed by atoms with Gasteiger partial charge >= 0.3 is 0 Å². The highest BCUT2D eigenvalue weighted by molar-refractivity contribution is 7.45. The number of aliphatic hydroxyl groups is 1. The van der Waals surface area contributed by atoms with Crippen LogP contribution in [-0.2, 0) is 18.4 Å². The number of hydrogen-bond donors (Lipinski definition) is 2. The quantitative estimate of drug-likeness (QED) is 0.0272. The Kier molecular flexibility index (Phi) is 50.6. The van der Waals surface area contributed by atoms with Crippen LogP contribution in [0.2, 0.25) is 0 Å². The van der Waals surface area contributed by atoms with E-state index >= 15 is 0 Å². The standard InChI is InChI=1S/C59H119N2O6P/c1-6-8-10-12-14-16-18-20-22-24-25-26-27-28-29-30-31-32-33-34-35-37-39-41-43-45-47-49-51-53-59(63)60-57(56-67-68(64,65)66-55-54-61(3,4)5)58(62)52-50-48-46-44-42-40-38-36-23-21-19-17-15-13-11-9-7-2/h24-25,57-58,62H,6-23,26-56H2,1-5H3,(H-,60,63,64,65)/b25-24-. The second-order valence-corrected chi connectivity index (χ2v) is 23.5. The Morgan fingerprint density at radius 3 is 1.15 bits per heavy atom. The number of hydrogen-bond acceptors (Lipinski definition) is 6. The first-order valence-corrected chi connectivity index (χ1v) is 31.5. The molecule has 0 aromatic rings. The minimum absolute atomic E-state index is 0.0154. The number of amides is 1. The lowest BCUT2D eigenvalue weighted by Gasteiger charge is -2.30. The van der Waals surface area contributed by atoms with E-state index in [0.717, 1.165) is 38.5 Å². The van der Waals surface area contributed by atoms with Crippen molar-refractivity contribution in [2.45, 2.75) is 321 Å². The lowest BCUT2D eigenvalue weighted by molar-refractivity contribution is -0.870. The van der Waals surface area contributed by atoms with Crippen LogP contribution < -0.4 is 10.2 Å². The van der Waals surface area contributed by atoms with Gasteiger partial charge in [0.15, 0.2) is 0 Å². The van der Waals surface area contributed by atoms with Crippen molar-refractivity contribution < 1.29 is 32.9 Å². The van der Waals surface area contributed by atoms with Gasteiger partial charge in [-0.05, 0) is 38.5 Å². The van der Waals surface area contributed by atoms with Gasteiger partial charge in [0.2, 0.25) is 5.91 Å². The summed E-state index contributed by atoms with van der Waals surface area (Å²) in [6.45, 7) is 4.77. The number of nitrogens with one attached hydrogen (secondary N) is 1. The third kappa shape index (κ3) is 53.0. The molecule has 0 saturated carbocycles. The Hall–Kier alpha value is -0.760. The van der Waals surface area contributed by atoms with Crippen LogP contribution in [-0.4, -0.2) is 68.5 Å². The largest absolute Gasteiger partial charge is 0.756 e. The van der Waals surface area contributed by atoms with Gasteiger partial charge in [-0.15, -0.1) is 0 Å². The first-order chi connectivity index (χ1) is 33.0. The molecule has 406 valence electrons. The number of allylic oxidation sites excluding steroid dienone is 2. The maximum Gasteiger partial charge on any atom is 0.268 e. The van der Waals surface area contributed by atoms with E-state index in [1.165, 1.54) is 244 Å². The van der Waals surface area contributed by atoms with Crippen LogP contribution in [0.4, 0.5) is 0 Å². The van der Waals surface area contributed by atoms with Crippen LogP contribution in [0.3, 0.4) is 0 Å². The van der Waals surface area contributed by atoms with E-state index in [-0.39, 0.29) is 19.1 Å². The molecule has 3 atom stereocenters. The summed E-state index contributed by atoms with van der Waals surface area (Å²) in [5.41, 5.74) is 0. The molecule has 0 bridgehead atoms. The third-order valence-corrected chi connectivity index (χ3v) is 15.0. The van der Waals surface area contributed by atoms with Gasteiger partial charge in [0.1, 0.15) is 13.2 Å². The first-order valence-electron chi connectivity index (χ1n) is 30.0. The topological polar surface area (TPSA) is 108 Å². The van der Waals surface area contributed by atoms with E-state index < -0.39 is 20.0 Å². The Morgan fingerprint density at radius 1 is 0.500 bits per heavy atom. The van der Waals surface area contributed by atoms with Crippen LogP contribution in [0.1, 0.15) is 309 Å². The highest BCUT2D eigenvalue weighted by Crippen LogP contribution is 2.38. The minimum atomic E-state index is -4.57. The molecule has 0 radical (unpaired) electrons. The zero-order chi connectivity index (χ0) is 49.9. The van der Waals surface area contributed by atoms with Gasteiger partial charge < -0.3 is 28.8 Å². The molecule has 2 N–H and O–H groups in total. The molecule has 0 aliphatic carbocycles. The van der Waals surface area contributed by atoms with Crippen molar-refractivity contribution in [2.24, 2.45) is 0 Å². The molecular formula is C59H119N2O6P. The van der Waals surface area contributed by atoms with E-state index in [2.05, 4.69) is 31.3 Å². The summed E-state index contributed by atoms with van der Waals surface area (Å²) >= 11 is 0. The Balaban J connectivity index is 4.05. The number of phosphoric ester groups is 1. The number of quaternary nitrogens is 1. The lowest BCUT2D eigenvalue weighted by atomic mass is 10.0. The van der Waals surface area contributed by atoms with E-state index in [1.807, 2.05) is 21.1 Å². The second kappa shape index (κ2) is 51.2. The van der Waals surface area contributed by atoms with Crippen molar-refractivity contribution in [1.29, 1.82) is 0 Å². The smallest absolute Gasteiger partial charge is 0.268 e. The number of aliphatic hydroxyl groups excluding tert-OH is 1. The fourth-order valence-electron chi connectivity index (χ4n) is 9.27. The molecule has 0 fully saturated rings. The molecule has 0 aliphatic heterocycles. The predicted octanol–water partition coefficient (Wildman–Crippen LogP) is 17.6. The summed E-state index contributed by atoms with van der Waals surface area (Å²) in [6.07, 6.45) is 62.5. The van der Waals surface area contributed by atoms with Crippen molar-refractivity contribution in [3.8, 4) is 0 Å². The van der Waals surface area contributed by atoms with Crippen molar-refractivity contribution in [1.82, 2.24) is 5.32 Å². The van der Waals surface area contributed by atoms with Gasteiger partial charge in [-0.3, -0.25) is 9.36 Å². The molecule has 0 saturated heterocycles. The number of carbonyl (C=O) groups is 1. The third-order valence-electron chi connectivity index (χ3n) is 14.0. The maximum absolute atomic E-state index is 13.0. The molecule has 9 heteroatoms. The summed E-state index contributed by atoms with van der Waals surface area (Å²) in [6, 6.07) is -0.797. The number of carbonyl (C=O) groups excluding carboxylic acids is 1. The number of rotatable bonds is 56. The summed E-state index contributed by atoms with van der Waals surface area (Å²) in [5.74, 6) is -0.158. The Morgan fingerprint density at radius 2 is 0.809 bits per heavy atom. The average molecular weight is 984 g/mol. The summed E-state index contributed by atoms with van der Waals surface area (Å²) in [7, 11) is 1.32. The molecule has 0 aliphatic rings.